The first-order valence-electron chi connectivity index (χ1n) is 7.33. The van der Waals surface area contributed by atoms with E-state index in [1.54, 1.807) is 0 Å². The molecule has 0 aromatic heterocycles. The zero-order valence-electron chi connectivity index (χ0n) is 12.3. The van der Waals surface area contributed by atoms with Crippen molar-refractivity contribution >= 4 is 11.9 Å². The summed E-state index contributed by atoms with van der Waals surface area (Å²) in [7, 11) is 0. The van der Waals surface area contributed by atoms with Crippen LogP contribution in [0.25, 0.3) is 0 Å². The van der Waals surface area contributed by atoms with Crippen molar-refractivity contribution in [2.24, 2.45) is 11.8 Å². The summed E-state index contributed by atoms with van der Waals surface area (Å²) in [4.78, 5) is 23.3. The molecule has 116 valence electrons. The van der Waals surface area contributed by atoms with Gasteiger partial charge >= 0.3 is 5.97 Å². The smallest absolute Gasteiger partial charge is 0.307 e. The van der Waals surface area contributed by atoms with Crippen LogP contribution in [0.1, 0.15) is 39.5 Å². The lowest BCUT2D eigenvalue weighted by Gasteiger charge is -2.28. The molecule has 0 bridgehead atoms. The number of ether oxygens (including phenoxy) is 2. The first-order chi connectivity index (χ1) is 9.60. The topological polar surface area (TPSA) is 84.9 Å². The Morgan fingerprint density at radius 1 is 1.15 bits per heavy atom. The fourth-order valence-electron chi connectivity index (χ4n) is 2.59. The second-order valence-corrected chi connectivity index (χ2v) is 4.92. The zero-order valence-corrected chi connectivity index (χ0v) is 12.3. The molecule has 1 saturated carbocycles. The maximum absolute atomic E-state index is 12.1. The van der Waals surface area contributed by atoms with Crippen molar-refractivity contribution in [3.8, 4) is 0 Å². The molecule has 0 unspecified atom stereocenters. The Kier molecular flexibility index (Phi) is 7.54. The number of hydrogen-bond acceptors (Lipinski definition) is 4. The number of carboxylic acids is 1. The van der Waals surface area contributed by atoms with Crippen molar-refractivity contribution in [1.29, 1.82) is 0 Å². The predicted molar refractivity (Wildman–Crippen MR) is 73.1 cm³/mol. The fourth-order valence-corrected chi connectivity index (χ4v) is 2.59. The molecule has 2 N–H and O–H groups in total. The van der Waals surface area contributed by atoms with Crippen molar-refractivity contribution in [1.82, 2.24) is 5.32 Å². The van der Waals surface area contributed by atoms with Crippen molar-refractivity contribution < 1.29 is 24.2 Å². The molecule has 0 aromatic rings. The van der Waals surface area contributed by atoms with Crippen LogP contribution in [0.2, 0.25) is 0 Å². The van der Waals surface area contributed by atoms with Gasteiger partial charge in [-0.2, -0.15) is 0 Å². The number of nitrogens with one attached hydrogen (secondary N) is 1. The lowest BCUT2D eigenvalue weighted by molar-refractivity contribution is -0.151. The summed E-state index contributed by atoms with van der Waals surface area (Å²) in [5, 5.41) is 11.9. The largest absolute Gasteiger partial charge is 0.481 e. The second kappa shape index (κ2) is 8.92. The molecule has 1 fully saturated rings. The Morgan fingerprint density at radius 3 is 2.20 bits per heavy atom. The van der Waals surface area contributed by atoms with Crippen LogP contribution in [0.3, 0.4) is 0 Å². The van der Waals surface area contributed by atoms with Crippen LogP contribution < -0.4 is 5.32 Å². The van der Waals surface area contributed by atoms with E-state index < -0.39 is 24.1 Å². The molecule has 6 nitrogen and oxygen atoms in total. The minimum Gasteiger partial charge on any atom is -0.481 e. The summed E-state index contributed by atoms with van der Waals surface area (Å²) in [6, 6.07) is 0. The molecular formula is C14H25NO5. The monoisotopic (exact) mass is 287 g/mol. The molecule has 2 atom stereocenters. The van der Waals surface area contributed by atoms with Gasteiger partial charge in [-0.3, -0.25) is 9.59 Å². The van der Waals surface area contributed by atoms with Gasteiger partial charge in [0.05, 0.1) is 18.4 Å². The third kappa shape index (κ3) is 5.09. The average molecular weight is 287 g/mol. The highest BCUT2D eigenvalue weighted by Gasteiger charge is 2.35. The molecule has 0 heterocycles. The molecule has 1 amide bonds. The highest BCUT2D eigenvalue weighted by Crippen LogP contribution is 2.30. The maximum Gasteiger partial charge on any atom is 0.307 e. The lowest BCUT2D eigenvalue weighted by Crippen LogP contribution is -2.43. The zero-order chi connectivity index (χ0) is 15.0. The van der Waals surface area contributed by atoms with E-state index in [2.05, 4.69) is 5.32 Å². The van der Waals surface area contributed by atoms with Crippen LogP contribution in [0.4, 0.5) is 0 Å². The Hall–Kier alpha value is -1.14. The molecule has 0 aromatic carbocycles. The van der Waals surface area contributed by atoms with Gasteiger partial charge in [-0.15, -0.1) is 0 Å². The van der Waals surface area contributed by atoms with Crippen LogP contribution in [-0.2, 0) is 19.1 Å². The van der Waals surface area contributed by atoms with Gasteiger partial charge in [-0.05, 0) is 26.7 Å². The van der Waals surface area contributed by atoms with Crippen molar-refractivity contribution in [3.63, 3.8) is 0 Å². The minimum absolute atomic E-state index is 0.207. The van der Waals surface area contributed by atoms with Gasteiger partial charge in [-0.1, -0.05) is 12.8 Å². The fraction of sp³-hybridized carbons (Fsp3) is 0.857. The SMILES string of the molecule is CCOC(CNC(=O)[C@H]1CCCC[C@H]1C(=O)O)OCC. The predicted octanol–water partition coefficient (Wildman–Crippen LogP) is 1.39. The number of carbonyl (C=O) groups is 2. The number of carbonyl (C=O) groups excluding carboxylic acids is 1. The van der Waals surface area contributed by atoms with Gasteiger partial charge in [0.25, 0.3) is 0 Å². The first kappa shape index (κ1) is 16.9. The summed E-state index contributed by atoms with van der Waals surface area (Å²) in [5.74, 6) is -2.09. The summed E-state index contributed by atoms with van der Waals surface area (Å²) >= 11 is 0. The molecule has 1 aliphatic rings. The third-order valence-corrected chi connectivity index (χ3v) is 3.57. The molecule has 20 heavy (non-hydrogen) atoms. The second-order valence-electron chi connectivity index (χ2n) is 4.92. The number of amides is 1. The molecule has 0 aliphatic heterocycles. The molecule has 1 rings (SSSR count). The van der Waals surface area contributed by atoms with Gasteiger partial charge < -0.3 is 19.9 Å². The van der Waals surface area contributed by atoms with E-state index in [9.17, 15) is 14.7 Å². The molecule has 6 heteroatoms. The van der Waals surface area contributed by atoms with Crippen molar-refractivity contribution in [2.45, 2.75) is 45.8 Å². The Bertz CT molecular complexity index is 315. The maximum atomic E-state index is 12.1. The Balaban J connectivity index is 2.48. The van der Waals surface area contributed by atoms with E-state index >= 15 is 0 Å². The van der Waals surface area contributed by atoms with E-state index in [4.69, 9.17) is 9.47 Å². The van der Waals surface area contributed by atoms with Crippen molar-refractivity contribution in [3.05, 3.63) is 0 Å². The van der Waals surface area contributed by atoms with E-state index in [0.717, 1.165) is 12.8 Å². The van der Waals surface area contributed by atoms with Gasteiger partial charge in [0.2, 0.25) is 5.91 Å². The van der Waals surface area contributed by atoms with E-state index in [1.807, 2.05) is 13.8 Å². The van der Waals surface area contributed by atoms with Crippen LogP contribution in [0.15, 0.2) is 0 Å². The average Bonchev–Trinajstić information content (AvgIpc) is 2.45. The number of carboxylic acid groups (broad SMARTS) is 1. The van der Waals surface area contributed by atoms with E-state index in [-0.39, 0.29) is 12.5 Å². The molecule has 0 saturated heterocycles. The van der Waals surface area contributed by atoms with Gasteiger partial charge in [-0.25, -0.2) is 0 Å². The Morgan fingerprint density at radius 2 is 1.70 bits per heavy atom. The third-order valence-electron chi connectivity index (χ3n) is 3.57. The summed E-state index contributed by atoms with van der Waals surface area (Å²) in [5.41, 5.74) is 0. The highest BCUT2D eigenvalue weighted by molar-refractivity contribution is 5.84. The van der Waals surface area contributed by atoms with E-state index in [0.29, 0.717) is 26.1 Å². The van der Waals surface area contributed by atoms with Gasteiger partial charge in [0.15, 0.2) is 6.29 Å². The van der Waals surface area contributed by atoms with Crippen LogP contribution in [-0.4, -0.2) is 43.0 Å². The lowest BCUT2D eigenvalue weighted by atomic mass is 9.79. The van der Waals surface area contributed by atoms with Crippen LogP contribution in [0.5, 0.6) is 0 Å². The summed E-state index contributed by atoms with van der Waals surface area (Å²) in [6.07, 6.45) is 2.52. The number of hydrogen-bond donors (Lipinski definition) is 2. The van der Waals surface area contributed by atoms with Crippen LogP contribution in [0, 0.1) is 11.8 Å². The van der Waals surface area contributed by atoms with E-state index in [1.165, 1.54) is 0 Å². The first-order valence-corrected chi connectivity index (χ1v) is 7.33. The molecule has 0 radical (unpaired) electrons. The Labute approximate surface area is 119 Å². The standard InChI is InChI=1S/C14H25NO5/c1-3-19-12(20-4-2)9-15-13(16)10-7-5-6-8-11(10)14(17)18/h10-12H,3-9H2,1-2H3,(H,15,16)(H,17,18)/t10-,11+/m0/s1. The highest BCUT2D eigenvalue weighted by atomic mass is 16.7. The number of aliphatic carboxylic acids is 1. The molecular weight excluding hydrogens is 262 g/mol. The molecule has 0 spiro atoms. The minimum atomic E-state index is -0.879. The summed E-state index contributed by atoms with van der Waals surface area (Å²) in [6.45, 7) is 4.97. The number of rotatable bonds is 8. The molecule has 1 aliphatic carbocycles. The quantitative estimate of drug-likeness (QED) is 0.659. The van der Waals surface area contributed by atoms with Gasteiger partial charge in [0, 0.05) is 13.2 Å². The normalized spacial score (nSPS) is 22.8. The van der Waals surface area contributed by atoms with Gasteiger partial charge in [0.1, 0.15) is 0 Å². The van der Waals surface area contributed by atoms with Crippen molar-refractivity contribution in [2.75, 3.05) is 19.8 Å². The summed E-state index contributed by atoms with van der Waals surface area (Å²) < 4.78 is 10.7. The van der Waals surface area contributed by atoms with Crippen LogP contribution >= 0.6 is 0 Å².